The first-order chi connectivity index (χ1) is 9.63. The molecule has 7 heteroatoms. The van der Waals surface area contributed by atoms with E-state index in [4.69, 9.17) is 9.63 Å². The van der Waals surface area contributed by atoms with Crippen molar-refractivity contribution in [1.82, 2.24) is 10.1 Å². The van der Waals surface area contributed by atoms with Gasteiger partial charge in [0.15, 0.2) is 0 Å². The second kappa shape index (κ2) is 5.33. The first-order valence-corrected chi connectivity index (χ1v) is 7.51. The van der Waals surface area contributed by atoms with Gasteiger partial charge in [-0.2, -0.15) is 4.98 Å². The largest absolute Gasteiger partial charge is 0.478 e. The molecule has 0 atom stereocenters. The fourth-order valence-corrected chi connectivity index (χ4v) is 2.99. The summed E-state index contributed by atoms with van der Waals surface area (Å²) in [5.74, 6) is -0.174. The smallest absolute Gasteiger partial charge is 0.335 e. The molecule has 0 aliphatic rings. The van der Waals surface area contributed by atoms with Crippen LogP contribution in [0.2, 0.25) is 0 Å². The van der Waals surface area contributed by atoms with E-state index in [-0.39, 0.29) is 5.56 Å². The van der Waals surface area contributed by atoms with Crippen LogP contribution in [0, 0.1) is 2.88 Å². The van der Waals surface area contributed by atoms with E-state index < -0.39 is 5.97 Å². The topological polar surface area (TPSA) is 76.2 Å². The van der Waals surface area contributed by atoms with Crippen molar-refractivity contribution in [1.29, 1.82) is 0 Å². The van der Waals surface area contributed by atoms with Crippen LogP contribution in [0.4, 0.5) is 0 Å². The minimum absolute atomic E-state index is 0.193. The third kappa shape index (κ3) is 2.59. The molecule has 5 nitrogen and oxygen atoms in total. The molecule has 20 heavy (non-hydrogen) atoms. The van der Waals surface area contributed by atoms with E-state index in [0.717, 1.165) is 8.45 Å². The number of halogens is 1. The Morgan fingerprint density at radius 2 is 2.15 bits per heavy atom. The molecule has 0 spiro atoms. The fraction of sp³-hybridized carbons (Fsp3) is 0. The van der Waals surface area contributed by atoms with Gasteiger partial charge in [-0.25, -0.2) is 4.79 Å². The average Bonchev–Trinajstić information content (AvgIpc) is 3.07. The first kappa shape index (κ1) is 13.3. The molecule has 0 saturated heterocycles. The summed E-state index contributed by atoms with van der Waals surface area (Å²) >= 11 is 3.81. The standard InChI is InChI=1S/C13H7IN2O3S/c14-10-5-9(6-20-10)12-15-11(16-19-12)7-2-1-3-8(4-7)13(17)18/h1-6H,(H,17,18). The minimum Gasteiger partial charge on any atom is -0.478 e. The molecule has 0 aliphatic carbocycles. The molecule has 100 valence electrons. The van der Waals surface area contributed by atoms with Crippen molar-refractivity contribution < 1.29 is 14.4 Å². The molecular formula is C13H7IN2O3S. The number of carboxylic acids is 1. The number of hydrogen-bond acceptors (Lipinski definition) is 5. The summed E-state index contributed by atoms with van der Waals surface area (Å²) in [7, 11) is 0. The highest BCUT2D eigenvalue weighted by Gasteiger charge is 2.13. The van der Waals surface area contributed by atoms with Gasteiger partial charge in [-0.15, -0.1) is 11.3 Å². The third-order valence-electron chi connectivity index (χ3n) is 2.61. The zero-order chi connectivity index (χ0) is 14.1. The van der Waals surface area contributed by atoms with Crippen molar-refractivity contribution >= 4 is 39.9 Å². The molecule has 1 N–H and O–H groups in total. The molecule has 0 aliphatic heterocycles. The van der Waals surface area contributed by atoms with Crippen molar-refractivity contribution in [2.24, 2.45) is 0 Å². The van der Waals surface area contributed by atoms with Gasteiger partial charge in [0.2, 0.25) is 5.82 Å². The van der Waals surface area contributed by atoms with Crippen LogP contribution in [0.1, 0.15) is 10.4 Å². The van der Waals surface area contributed by atoms with Crippen LogP contribution in [0.5, 0.6) is 0 Å². The van der Waals surface area contributed by atoms with Crippen LogP contribution in [-0.4, -0.2) is 21.2 Å². The minimum atomic E-state index is -0.983. The lowest BCUT2D eigenvalue weighted by atomic mass is 10.1. The Morgan fingerprint density at radius 1 is 1.30 bits per heavy atom. The van der Waals surface area contributed by atoms with Crippen molar-refractivity contribution in [3.05, 3.63) is 44.2 Å². The summed E-state index contributed by atoms with van der Waals surface area (Å²) in [5, 5.41) is 14.8. The van der Waals surface area contributed by atoms with Crippen LogP contribution in [0.15, 0.2) is 40.2 Å². The Bertz CT molecular complexity index is 781. The van der Waals surface area contributed by atoms with Crippen LogP contribution in [0.25, 0.3) is 22.8 Å². The summed E-state index contributed by atoms with van der Waals surface area (Å²) in [4.78, 5) is 15.2. The first-order valence-electron chi connectivity index (χ1n) is 5.55. The Balaban J connectivity index is 1.98. The van der Waals surface area contributed by atoms with E-state index in [9.17, 15) is 4.79 Å². The number of thiophene rings is 1. The summed E-state index contributed by atoms with van der Waals surface area (Å²) in [6, 6.07) is 8.40. The van der Waals surface area contributed by atoms with Gasteiger partial charge in [-0.05, 0) is 40.8 Å². The predicted octanol–water partition coefficient (Wildman–Crippen LogP) is 3.77. The van der Waals surface area contributed by atoms with Crippen molar-refractivity contribution in [2.75, 3.05) is 0 Å². The van der Waals surface area contributed by atoms with Gasteiger partial charge in [-0.3, -0.25) is 0 Å². The van der Waals surface area contributed by atoms with Gasteiger partial charge in [0.25, 0.3) is 5.89 Å². The summed E-state index contributed by atoms with van der Waals surface area (Å²) < 4.78 is 6.34. The molecule has 0 saturated carbocycles. The lowest BCUT2D eigenvalue weighted by molar-refractivity contribution is 0.0697. The summed E-state index contributed by atoms with van der Waals surface area (Å²) in [5.41, 5.74) is 1.68. The molecular weight excluding hydrogens is 391 g/mol. The summed E-state index contributed by atoms with van der Waals surface area (Å²) in [6.07, 6.45) is 0. The molecule has 1 aromatic carbocycles. The van der Waals surface area contributed by atoms with Gasteiger partial charge in [0.1, 0.15) is 0 Å². The van der Waals surface area contributed by atoms with Crippen molar-refractivity contribution in [2.45, 2.75) is 0 Å². The molecule has 0 fully saturated rings. The van der Waals surface area contributed by atoms with E-state index in [0.29, 0.717) is 17.3 Å². The predicted molar refractivity (Wildman–Crippen MR) is 82.7 cm³/mol. The Kier molecular flexibility index (Phi) is 3.53. The molecule has 2 heterocycles. The van der Waals surface area contributed by atoms with E-state index in [2.05, 4.69) is 32.7 Å². The van der Waals surface area contributed by atoms with Crippen LogP contribution in [-0.2, 0) is 0 Å². The van der Waals surface area contributed by atoms with Gasteiger partial charge >= 0.3 is 5.97 Å². The Labute approximate surface area is 131 Å². The van der Waals surface area contributed by atoms with E-state index >= 15 is 0 Å². The number of aromatic nitrogens is 2. The highest BCUT2D eigenvalue weighted by atomic mass is 127. The zero-order valence-electron chi connectivity index (χ0n) is 9.91. The van der Waals surface area contributed by atoms with E-state index in [1.807, 2.05) is 11.4 Å². The van der Waals surface area contributed by atoms with Gasteiger partial charge in [0, 0.05) is 10.9 Å². The molecule has 3 aromatic rings. The number of rotatable bonds is 3. The second-order valence-electron chi connectivity index (χ2n) is 3.95. The number of aromatic carboxylic acids is 1. The average molecular weight is 398 g/mol. The number of carbonyl (C=O) groups is 1. The lowest BCUT2D eigenvalue weighted by Crippen LogP contribution is -1.96. The Morgan fingerprint density at radius 3 is 2.85 bits per heavy atom. The number of carboxylic acid groups (broad SMARTS) is 1. The molecule has 0 amide bonds. The third-order valence-corrected chi connectivity index (χ3v) is 4.40. The van der Waals surface area contributed by atoms with Crippen LogP contribution >= 0.6 is 33.9 Å². The summed E-state index contributed by atoms with van der Waals surface area (Å²) in [6.45, 7) is 0. The number of benzene rings is 1. The second-order valence-corrected chi connectivity index (χ2v) is 6.75. The number of nitrogens with zero attached hydrogens (tertiary/aromatic N) is 2. The molecule has 3 rings (SSSR count). The molecule has 0 unspecified atom stereocenters. The van der Waals surface area contributed by atoms with Gasteiger partial charge < -0.3 is 9.63 Å². The Hall–Kier alpha value is -1.74. The highest BCUT2D eigenvalue weighted by Crippen LogP contribution is 2.27. The maximum atomic E-state index is 11.0. The molecule has 2 aromatic heterocycles. The molecule has 0 radical (unpaired) electrons. The highest BCUT2D eigenvalue weighted by molar-refractivity contribution is 14.1. The number of hydrogen-bond donors (Lipinski definition) is 1. The van der Waals surface area contributed by atoms with E-state index in [1.165, 1.54) is 12.1 Å². The van der Waals surface area contributed by atoms with Crippen molar-refractivity contribution in [3.8, 4) is 22.8 Å². The molecule has 0 bridgehead atoms. The lowest BCUT2D eigenvalue weighted by Gasteiger charge is -1.96. The fourth-order valence-electron chi connectivity index (χ4n) is 1.67. The van der Waals surface area contributed by atoms with Crippen LogP contribution in [0.3, 0.4) is 0 Å². The maximum Gasteiger partial charge on any atom is 0.335 e. The monoisotopic (exact) mass is 398 g/mol. The SMILES string of the molecule is O=C(O)c1cccc(-c2noc(-c3csc(I)c3)n2)c1. The van der Waals surface area contributed by atoms with Crippen molar-refractivity contribution in [3.63, 3.8) is 0 Å². The van der Waals surface area contributed by atoms with Crippen LogP contribution < -0.4 is 0 Å². The quantitative estimate of drug-likeness (QED) is 0.680. The van der Waals surface area contributed by atoms with Gasteiger partial charge in [-0.1, -0.05) is 17.3 Å². The maximum absolute atomic E-state index is 11.0. The zero-order valence-corrected chi connectivity index (χ0v) is 12.9. The normalized spacial score (nSPS) is 10.7. The van der Waals surface area contributed by atoms with Gasteiger partial charge in [0.05, 0.1) is 14.0 Å². The van der Waals surface area contributed by atoms with E-state index in [1.54, 1.807) is 23.5 Å².